The minimum Gasteiger partial charge on any atom is -0.495 e. The molecule has 0 atom stereocenters. The molecule has 11 heavy (non-hydrogen) atoms. The number of hydrogen-bond acceptors (Lipinski definition) is 2. The van der Waals surface area contributed by atoms with Gasteiger partial charge in [-0.1, -0.05) is 12.1 Å². The summed E-state index contributed by atoms with van der Waals surface area (Å²) in [6, 6.07) is 7.39. The van der Waals surface area contributed by atoms with Crippen LogP contribution < -0.4 is 10.5 Å². The standard InChI is InChI=1S/C7H9NO.ClH.H2O/c1-9-7-5-3-2-4-6(7)8;;/h2-5H,8H2,1H3;1H;1H2. The van der Waals surface area contributed by atoms with E-state index in [9.17, 15) is 0 Å². The van der Waals surface area contributed by atoms with E-state index in [4.69, 9.17) is 10.5 Å². The highest BCUT2D eigenvalue weighted by molar-refractivity contribution is 5.85. The van der Waals surface area contributed by atoms with Crippen molar-refractivity contribution in [2.24, 2.45) is 0 Å². The van der Waals surface area contributed by atoms with Crippen LogP contribution >= 0.6 is 12.4 Å². The SMILES string of the molecule is COc1ccccc1N.Cl.O. The van der Waals surface area contributed by atoms with E-state index in [2.05, 4.69) is 0 Å². The molecule has 0 unspecified atom stereocenters. The van der Waals surface area contributed by atoms with Gasteiger partial charge in [0.2, 0.25) is 0 Å². The lowest BCUT2D eigenvalue weighted by atomic mass is 10.3. The molecule has 0 aliphatic heterocycles. The van der Waals surface area contributed by atoms with Gasteiger partial charge in [0.15, 0.2) is 0 Å². The lowest BCUT2D eigenvalue weighted by Crippen LogP contribution is -1.89. The minimum absolute atomic E-state index is 0. The number of methoxy groups -OCH3 is 1. The van der Waals surface area contributed by atoms with Crippen molar-refractivity contribution in [3.63, 3.8) is 0 Å². The predicted molar refractivity (Wildman–Crippen MR) is 48.3 cm³/mol. The zero-order chi connectivity index (χ0) is 6.69. The highest BCUT2D eigenvalue weighted by Crippen LogP contribution is 2.18. The Morgan fingerprint density at radius 3 is 2.18 bits per heavy atom. The van der Waals surface area contributed by atoms with Crippen LogP contribution in [0.5, 0.6) is 5.75 Å². The molecule has 0 aliphatic rings. The Morgan fingerprint density at radius 2 is 1.82 bits per heavy atom. The Morgan fingerprint density at radius 1 is 1.27 bits per heavy atom. The molecule has 0 aromatic heterocycles. The summed E-state index contributed by atoms with van der Waals surface area (Å²) in [5, 5.41) is 0. The summed E-state index contributed by atoms with van der Waals surface area (Å²) >= 11 is 0. The van der Waals surface area contributed by atoms with E-state index in [-0.39, 0.29) is 17.9 Å². The van der Waals surface area contributed by atoms with Gasteiger partial charge in [-0.05, 0) is 12.1 Å². The molecule has 0 bridgehead atoms. The van der Waals surface area contributed by atoms with E-state index in [1.807, 2.05) is 18.2 Å². The molecular weight excluding hydrogens is 166 g/mol. The summed E-state index contributed by atoms with van der Waals surface area (Å²) in [7, 11) is 1.60. The highest BCUT2D eigenvalue weighted by Gasteiger charge is 1.91. The van der Waals surface area contributed by atoms with Gasteiger partial charge in [0.25, 0.3) is 0 Å². The highest BCUT2D eigenvalue weighted by atomic mass is 35.5. The second kappa shape index (κ2) is 5.82. The van der Waals surface area contributed by atoms with Crippen molar-refractivity contribution >= 4 is 18.1 Å². The summed E-state index contributed by atoms with van der Waals surface area (Å²) < 4.78 is 4.92. The number of halogens is 1. The Hall–Kier alpha value is -0.930. The Kier molecular flexibility index (Phi) is 6.74. The van der Waals surface area contributed by atoms with E-state index in [1.54, 1.807) is 13.2 Å². The van der Waals surface area contributed by atoms with Crippen LogP contribution in [0.4, 0.5) is 5.69 Å². The fraction of sp³-hybridized carbons (Fsp3) is 0.143. The van der Waals surface area contributed by atoms with E-state index in [0.29, 0.717) is 5.69 Å². The van der Waals surface area contributed by atoms with Gasteiger partial charge in [0.1, 0.15) is 5.75 Å². The molecule has 0 amide bonds. The molecule has 0 saturated carbocycles. The molecular formula is C7H12ClNO2. The zero-order valence-electron chi connectivity index (χ0n) is 6.20. The van der Waals surface area contributed by atoms with Crippen LogP contribution in [0.3, 0.4) is 0 Å². The summed E-state index contributed by atoms with van der Waals surface area (Å²) in [6.07, 6.45) is 0. The van der Waals surface area contributed by atoms with Gasteiger partial charge < -0.3 is 15.9 Å². The van der Waals surface area contributed by atoms with Crippen LogP contribution in [0.15, 0.2) is 24.3 Å². The Labute approximate surface area is 71.9 Å². The third-order valence-electron chi connectivity index (χ3n) is 1.14. The number of ether oxygens (including phenoxy) is 1. The zero-order valence-corrected chi connectivity index (χ0v) is 7.02. The lowest BCUT2D eigenvalue weighted by Gasteiger charge is -2.00. The predicted octanol–water partition coefficient (Wildman–Crippen LogP) is 0.874. The first kappa shape index (κ1) is 12.7. The average molecular weight is 178 g/mol. The molecule has 1 rings (SSSR count). The maximum absolute atomic E-state index is 5.51. The Bertz CT molecular complexity index is 205. The largest absolute Gasteiger partial charge is 0.495 e. The third-order valence-corrected chi connectivity index (χ3v) is 1.14. The summed E-state index contributed by atoms with van der Waals surface area (Å²) in [5.74, 6) is 0.734. The minimum atomic E-state index is 0. The fourth-order valence-corrected chi connectivity index (χ4v) is 0.666. The maximum Gasteiger partial charge on any atom is 0.141 e. The van der Waals surface area contributed by atoms with E-state index in [1.165, 1.54) is 0 Å². The van der Waals surface area contributed by atoms with Crippen LogP contribution in [-0.2, 0) is 0 Å². The molecule has 64 valence electrons. The van der Waals surface area contributed by atoms with Crippen molar-refractivity contribution in [2.75, 3.05) is 12.8 Å². The number of hydrogen-bond donors (Lipinski definition) is 1. The van der Waals surface area contributed by atoms with Gasteiger partial charge >= 0.3 is 0 Å². The van der Waals surface area contributed by atoms with E-state index >= 15 is 0 Å². The van der Waals surface area contributed by atoms with Gasteiger partial charge in [-0.2, -0.15) is 0 Å². The van der Waals surface area contributed by atoms with Gasteiger partial charge in [-0.15, -0.1) is 12.4 Å². The first-order valence-electron chi connectivity index (χ1n) is 2.73. The molecule has 1 aromatic rings. The Balaban J connectivity index is 0. The van der Waals surface area contributed by atoms with Crippen molar-refractivity contribution in [1.29, 1.82) is 0 Å². The topological polar surface area (TPSA) is 66.8 Å². The van der Waals surface area contributed by atoms with Gasteiger partial charge in [0.05, 0.1) is 12.8 Å². The molecule has 0 fully saturated rings. The average Bonchev–Trinajstić information content (AvgIpc) is 1.89. The monoisotopic (exact) mass is 177 g/mol. The number of para-hydroxylation sites is 2. The van der Waals surface area contributed by atoms with Crippen molar-refractivity contribution < 1.29 is 10.2 Å². The van der Waals surface area contributed by atoms with Crippen molar-refractivity contribution in [3.05, 3.63) is 24.3 Å². The van der Waals surface area contributed by atoms with Crippen LogP contribution in [0.25, 0.3) is 0 Å². The van der Waals surface area contributed by atoms with Crippen LogP contribution in [0.2, 0.25) is 0 Å². The van der Waals surface area contributed by atoms with E-state index in [0.717, 1.165) is 5.75 Å². The summed E-state index contributed by atoms with van der Waals surface area (Å²) in [6.45, 7) is 0. The smallest absolute Gasteiger partial charge is 0.141 e. The molecule has 3 nitrogen and oxygen atoms in total. The number of nitrogens with two attached hydrogens (primary N) is 1. The summed E-state index contributed by atoms with van der Waals surface area (Å²) in [4.78, 5) is 0. The third kappa shape index (κ3) is 3.11. The molecule has 1 aromatic carbocycles. The normalized spacial score (nSPS) is 7.36. The molecule has 0 heterocycles. The van der Waals surface area contributed by atoms with Crippen molar-refractivity contribution in [3.8, 4) is 5.75 Å². The van der Waals surface area contributed by atoms with Gasteiger partial charge in [-0.25, -0.2) is 0 Å². The quantitative estimate of drug-likeness (QED) is 0.647. The molecule has 0 spiro atoms. The van der Waals surface area contributed by atoms with Crippen LogP contribution in [0.1, 0.15) is 0 Å². The lowest BCUT2D eigenvalue weighted by molar-refractivity contribution is 0.417. The molecule has 4 N–H and O–H groups in total. The second-order valence-corrected chi connectivity index (χ2v) is 1.74. The van der Waals surface area contributed by atoms with Gasteiger partial charge in [0, 0.05) is 0 Å². The fourth-order valence-electron chi connectivity index (χ4n) is 0.666. The second-order valence-electron chi connectivity index (χ2n) is 1.74. The molecule has 0 radical (unpaired) electrons. The number of anilines is 1. The molecule has 0 saturated heterocycles. The number of rotatable bonds is 1. The van der Waals surface area contributed by atoms with Crippen molar-refractivity contribution in [1.82, 2.24) is 0 Å². The maximum atomic E-state index is 5.51. The number of nitrogen functional groups attached to an aromatic ring is 1. The van der Waals surface area contributed by atoms with E-state index < -0.39 is 0 Å². The summed E-state index contributed by atoms with van der Waals surface area (Å²) in [5.41, 5.74) is 6.19. The van der Waals surface area contributed by atoms with Crippen LogP contribution in [-0.4, -0.2) is 12.6 Å². The van der Waals surface area contributed by atoms with Gasteiger partial charge in [-0.3, -0.25) is 0 Å². The first-order valence-corrected chi connectivity index (χ1v) is 2.73. The molecule has 0 aliphatic carbocycles. The molecule has 4 heteroatoms. The first-order chi connectivity index (χ1) is 4.34. The van der Waals surface area contributed by atoms with Crippen LogP contribution in [0, 0.1) is 0 Å². The number of benzene rings is 1. The van der Waals surface area contributed by atoms with Crippen molar-refractivity contribution in [2.45, 2.75) is 0 Å².